The number of benzene rings is 2. The Hall–Kier alpha value is -2.44. The van der Waals surface area contributed by atoms with Gasteiger partial charge in [-0.1, -0.05) is 23.7 Å². The van der Waals surface area contributed by atoms with Gasteiger partial charge in [0.05, 0.1) is 12.1 Å². The molecule has 3 aromatic rings. The summed E-state index contributed by atoms with van der Waals surface area (Å²) in [6.45, 7) is 0.830. The van der Waals surface area contributed by atoms with Gasteiger partial charge in [0.1, 0.15) is 23.2 Å². The first-order valence-electron chi connectivity index (χ1n) is 8.41. The van der Waals surface area contributed by atoms with Crippen LogP contribution in [0.1, 0.15) is 16.3 Å². The molecule has 1 heterocycles. The van der Waals surface area contributed by atoms with Crippen molar-refractivity contribution in [2.45, 2.75) is 19.4 Å². The van der Waals surface area contributed by atoms with Gasteiger partial charge in [-0.3, -0.25) is 4.79 Å². The highest BCUT2D eigenvalue weighted by atomic mass is 35.5. The molecule has 0 aliphatic heterocycles. The van der Waals surface area contributed by atoms with Crippen LogP contribution in [0, 0.1) is 5.82 Å². The second kappa shape index (κ2) is 9.48. The van der Waals surface area contributed by atoms with Crippen molar-refractivity contribution in [3.05, 3.63) is 81.0 Å². The first-order valence-corrected chi connectivity index (χ1v) is 9.67. The molecule has 7 heteroatoms. The minimum absolute atomic E-state index is 0.0756. The predicted octanol–water partition coefficient (Wildman–Crippen LogP) is 4.42. The average molecular weight is 405 g/mol. The van der Waals surface area contributed by atoms with Gasteiger partial charge in [0.25, 0.3) is 0 Å². The van der Waals surface area contributed by atoms with Crippen LogP contribution >= 0.6 is 22.9 Å². The Morgan fingerprint density at radius 3 is 2.81 bits per heavy atom. The molecule has 0 unspecified atom stereocenters. The first-order chi connectivity index (χ1) is 13.1. The minimum Gasteiger partial charge on any atom is -0.486 e. The van der Waals surface area contributed by atoms with E-state index in [9.17, 15) is 9.18 Å². The molecule has 0 saturated heterocycles. The third kappa shape index (κ3) is 6.34. The number of ether oxygens (including phenoxy) is 1. The highest BCUT2D eigenvalue weighted by molar-refractivity contribution is 7.09. The molecule has 0 bridgehead atoms. The number of thiazole rings is 1. The van der Waals surface area contributed by atoms with E-state index in [-0.39, 0.29) is 24.8 Å². The van der Waals surface area contributed by atoms with Gasteiger partial charge in [0.2, 0.25) is 5.91 Å². The molecule has 0 aliphatic rings. The quantitative estimate of drug-likeness (QED) is 0.604. The third-order valence-corrected chi connectivity index (χ3v) is 4.85. The van der Waals surface area contributed by atoms with Crippen LogP contribution in [-0.4, -0.2) is 17.4 Å². The number of carbonyl (C=O) groups excluding carboxylic acids is 1. The normalized spacial score (nSPS) is 10.6. The number of nitrogens with one attached hydrogen (secondary N) is 1. The summed E-state index contributed by atoms with van der Waals surface area (Å²) >= 11 is 7.38. The van der Waals surface area contributed by atoms with E-state index in [1.54, 1.807) is 12.1 Å². The van der Waals surface area contributed by atoms with Gasteiger partial charge < -0.3 is 10.1 Å². The molecule has 0 aliphatic carbocycles. The van der Waals surface area contributed by atoms with Crippen LogP contribution < -0.4 is 10.1 Å². The Balaban J connectivity index is 1.41. The fourth-order valence-corrected chi connectivity index (χ4v) is 3.36. The Kier molecular flexibility index (Phi) is 6.79. The standard InChI is InChI=1S/C20H18ClFN2O2S/c21-15-3-1-2-14(10-15)8-9-23-19(25)11-17-13-27-20(24-17)12-26-18-6-4-16(22)5-7-18/h1-7,10,13H,8-9,11-12H2,(H,23,25). The number of carbonyl (C=O) groups is 1. The fourth-order valence-electron chi connectivity index (χ4n) is 2.44. The molecule has 1 aromatic heterocycles. The number of amides is 1. The number of aromatic nitrogens is 1. The van der Waals surface area contributed by atoms with Gasteiger partial charge in [-0.25, -0.2) is 9.37 Å². The lowest BCUT2D eigenvalue weighted by Gasteiger charge is -2.05. The summed E-state index contributed by atoms with van der Waals surface area (Å²) in [5.74, 6) is 0.195. The van der Waals surface area contributed by atoms with Crippen LogP contribution in [0.25, 0.3) is 0 Å². The van der Waals surface area contributed by atoms with Gasteiger partial charge in [-0.15, -0.1) is 11.3 Å². The summed E-state index contributed by atoms with van der Waals surface area (Å²) in [6, 6.07) is 13.4. The summed E-state index contributed by atoms with van der Waals surface area (Å²) in [6.07, 6.45) is 0.947. The number of nitrogens with zero attached hydrogens (tertiary/aromatic N) is 1. The molecule has 0 spiro atoms. The molecule has 0 radical (unpaired) electrons. The summed E-state index contributed by atoms with van der Waals surface area (Å²) < 4.78 is 18.4. The molecule has 4 nitrogen and oxygen atoms in total. The van der Waals surface area contributed by atoms with Crippen LogP contribution in [0.4, 0.5) is 4.39 Å². The maximum Gasteiger partial charge on any atom is 0.226 e. The van der Waals surface area contributed by atoms with Crippen molar-refractivity contribution in [1.82, 2.24) is 10.3 Å². The van der Waals surface area contributed by atoms with Gasteiger partial charge >= 0.3 is 0 Å². The van der Waals surface area contributed by atoms with Crippen molar-refractivity contribution in [2.75, 3.05) is 6.54 Å². The van der Waals surface area contributed by atoms with Crippen LogP contribution in [0.15, 0.2) is 53.9 Å². The molecule has 3 rings (SSSR count). The van der Waals surface area contributed by atoms with Crippen molar-refractivity contribution in [3.63, 3.8) is 0 Å². The summed E-state index contributed by atoms with van der Waals surface area (Å²) in [5.41, 5.74) is 1.79. The monoisotopic (exact) mass is 404 g/mol. The molecule has 0 fully saturated rings. The van der Waals surface area contributed by atoms with Crippen LogP contribution in [0.2, 0.25) is 5.02 Å². The van der Waals surface area contributed by atoms with Crippen molar-refractivity contribution in [2.24, 2.45) is 0 Å². The van der Waals surface area contributed by atoms with Crippen molar-refractivity contribution in [3.8, 4) is 5.75 Å². The van der Waals surface area contributed by atoms with E-state index in [0.29, 0.717) is 23.0 Å². The van der Waals surface area contributed by atoms with Crippen molar-refractivity contribution >= 4 is 28.8 Å². The highest BCUT2D eigenvalue weighted by Crippen LogP contribution is 2.16. The van der Waals surface area contributed by atoms with Crippen LogP contribution in [0.5, 0.6) is 5.75 Å². The molecule has 2 aromatic carbocycles. The van der Waals surface area contributed by atoms with Gasteiger partial charge in [-0.05, 0) is 48.4 Å². The lowest BCUT2D eigenvalue weighted by atomic mass is 10.1. The second-order valence-corrected chi connectivity index (χ2v) is 7.26. The number of hydrogen-bond donors (Lipinski definition) is 1. The lowest BCUT2D eigenvalue weighted by Crippen LogP contribution is -2.27. The Labute approximate surface area is 166 Å². The molecular weight excluding hydrogens is 387 g/mol. The van der Waals surface area contributed by atoms with Gasteiger partial charge in [0, 0.05) is 16.9 Å². The third-order valence-electron chi connectivity index (χ3n) is 3.74. The van der Waals surface area contributed by atoms with E-state index in [2.05, 4.69) is 10.3 Å². The second-order valence-electron chi connectivity index (χ2n) is 5.88. The lowest BCUT2D eigenvalue weighted by molar-refractivity contribution is -0.120. The zero-order valence-corrected chi connectivity index (χ0v) is 16.0. The Morgan fingerprint density at radius 2 is 2.04 bits per heavy atom. The SMILES string of the molecule is O=C(Cc1csc(COc2ccc(F)cc2)n1)NCCc1cccc(Cl)c1. The summed E-state index contributed by atoms with van der Waals surface area (Å²) in [4.78, 5) is 16.5. The number of hydrogen-bond acceptors (Lipinski definition) is 4. The van der Waals surface area contributed by atoms with E-state index < -0.39 is 0 Å². The van der Waals surface area contributed by atoms with E-state index in [0.717, 1.165) is 17.0 Å². The molecule has 1 amide bonds. The highest BCUT2D eigenvalue weighted by Gasteiger charge is 2.08. The van der Waals surface area contributed by atoms with Crippen molar-refractivity contribution in [1.29, 1.82) is 0 Å². The van der Waals surface area contributed by atoms with E-state index in [1.807, 2.05) is 29.6 Å². The number of rotatable bonds is 8. The van der Waals surface area contributed by atoms with Crippen molar-refractivity contribution < 1.29 is 13.9 Å². The summed E-state index contributed by atoms with van der Waals surface area (Å²) in [7, 11) is 0. The Bertz CT molecular complexity index is 899. The zero-order valence-electron chi connectivity index (χ0n) is 14.5. The molecule has 0 saturated carbocycles. The maximum atomic E-state index is 12.9. The smallest absolute Gasteiger partial charge is 0.226 e. The minimum atomic E-state index is -0.305. The maximum absolute atomic E-state index is 12.9. The van der Waals surface area contributed by atoms with Gasteiger partial charge in [-0.2, -0.15) is 0 Å². The van der Waals surface area contributed by atoms with Crippen LogP contribution in [0.3, 0.4) is 0 Å². The Morgan fingerprint density at radius 1 is 1.22 bits per heavy atom. The summed E-state index contributed by atoms with van der Waals surface area (Å²) in [5, 5.41) is 6.19. The van der Waals surface area contributed by atoms with E-state index in [1.165, 1.54) is 23.5 Å². The molecular formula is C20H18ClFN2O2S. The van der Waals surface area contributed by atoms with E-state index >= 15 is 0 Å². The van der Waals surface area contributed by atoms with E-state index in [4.69, 9.17) is 16.3 Å². The first kappa shape index (κ1) is 19.3. The molecule has 27 heavy (non-hydrogen) atoms. The fraction of sp³-hybridized carbons (Fsp3) is 0.200. The molecule has 0 atom stereocenters. The average Bonchev–Trinajstić information content (AvgIpc) is 3.08. The largest absolute Gasteiger partial charge is 0.486 e. The van der Waals surface area contributed by atoms with Crippen LogP contribution in [-0.2, 0) is 24.2 Å². The predicted molar refractivity (Wildman–Crippen MR) is 105 cm³/mol. The topological polar surface area (TPSA) is 51.2 Å². The van der Waals surface area contributed by atoms with Gasteiger partial charge in [0.15, 0.2) is 0 Å². The zero-order chi connectivity index (χ0) is 19.1. The molecule has 1 N–H and O–H groups in total. The molecule has 140 valence electrons. The number of halogens is 2.